The van der Waals surface area contributed by atoms with Crippen LogP contribution < -0.4 is 5.73 Å². The van der Waals surface area contributed by atoms with E-state index >= 15 is 0 Å². The molecule has 0 aliphatic rings. The van der Waals surface area contributed by atoms with Crippen LogP contribution >= 0.6 is 0 Å². The number of imidazole rings is 1. The van der Waals surface area contributed by atoms with Crippen molar-refractivity contribution in [1.82, 2.24) is 14.5 Å². The number of esters is 1. The SMILES string of the molecule is COC(=O)c1nc(C)n(C(C)C(=O)N(C)C)c1N. The molecule has 0 aliphatic heterocycles. The van der Waals surface area contributed by atoms with Gasteiger partial charge >= 0.3 is 5.97 Å². The summed E-state index contributed by atoms with van der Waals surface area (Å²) in [5, 5.41) is 0. The topological polar surface area (TPSA) is 90.4 Å². The van der Waals surface area contributed by atoms with Crippen LogP contribution in [0.3, 0.4) is 0 Å². The van der Waals surface area contributed by atoms with Crippen LogP contribution in [0.1, 0.15) is 29.3 Å². The van der Waals surface area contributed by atoms with Crippen LogP contribution in [-0.4, -0.2) is 47.5 Å². The predicted octanol–water partition coefficient (Wildman–Crippen LogP) is 0.210. The van der Waals surface area contributed by atoms with Crippen molar-refractivity contribution in [2.24, 2.45) is 0 Å². The molecule has 0 saturated carbocycles. The molecule has 18 heavy (non-hydrogen) atoms. The number of hydrogen-bond acceptors (Lipinski definition) is 5. The first-order valence-corrected chi connectivity index (χ1v) is 5.45. The molecule has 7 heteroatoms. The first kappa shape index (κ1) is 14.0. The molecule has 0 saturated heterocycles. The highest BCUT2D eigenvalue weighted by Gasteiger charge is 2.26. The molecule has 0 bridgehead atoms. The number of amides is 1. The van der Waals surface area contributed by atoms with Crippen LogP contribution in [-0.2, 0) is 9.53 Å². The van der Waals surface area contributed by atoms with Crippen molar-refractivity contribution < 1.29 is 14.3 Å². The fraction of sp³-hybridized carbons (Fsp3) is 0.545. The molecule has 100 valence electrons. The van der Waals surface area contributed by atoms with E-state index in [1.54, 1.807) is 27.9 Å². The maximum Gasteiger partial charge on any atom is 0.360 e. The Morgan fingerprint density at radius 3 is 2.44 bits per heavy atom. The van der Waals surface area contributed by atoms with Crippen LogP contribution in [0.2, 0.25) is 0 Å². The van der Waals surface area contributed by atoms with Gasteiger partial charge in [0.1, 0.15) is 17.7 Å². The van der Waals surface area contributed by atoms with E-state index in [-0.39, 0.29) is 17.4 Å². The molecule has 1 unspecified atom stereocenters. The number of anilines is 1. The molecule has 0 radical (unpaired) electrons. The van der Waals surface area contributed by atoms with Crippen molar-refractivity contribution in [1.29, 1.82) is 0 Å². The normalized spacial score (nSPS) is 12.1. The Hall–Kier alpha value is -2.05. The number of nitrogens with zero attached hydrogens (tertiary/aromatic N) is 3. The van der Waals surface area contributed by atoms with Gasteiger partial charge in [0.05, 0.1) is 7.11 Å². The average molecular weight is 254 g/mol. The van der Waals surface area contributed by atoms with Gasteiger partial charge in [-0.25, -0.2) is 9.78 Å². The molecule has 7 nitrogen and oxygen atoms in total. The van der Waals surface area contributed by atoms with E-state index in [1.807, 2.05) is 0 Å². The van der Waals surface area contributed by atoms with E-state index in [0.29, 0.717) is 5.82 Å². The van der Waals surface area contributed by atoms with Crippen molar-refractivity contribution in [2.45, 2.75) is 19.9 Å². The first-order chi connectivity index (χ1) is 8.31. The minimum atomic E-state index is -0.612. The summed E-state index contributed by atoms with van der Waals surface area (Å²) in [6.45, 7) is 3.39. The maximum atomic E-state index is 11.9. The monoisotopic (exact) mass is 254 g/mol. The Kier molecular flexibility index (Phi) is 3.95. The highest BCUT2D eigenvalue weighted by molar-refractivity contribution is 5.92. The number of aromatic nitrogens is 2. The number of hydrogen-bond donors (Lipinski definition) is 1. The van der Waals surface area contributed by atoms with Crippen molar-refractivity contribution >= 4 is 17.7 Å². The third-order valence-corrected chi connectivity index (χ3v) is 2.69. The van der Waals surface area contributed by atoms with E-state index in [4.69, 9.17) is 5.73 Å². The van der Waals surface area contributed by atoms with Gasteiger partial charge in [-0.2, -0.15) is 0 Å². The Morgan fingerprint density at radius 1 is 1.44 bits per heavy atom. The smallest absolute Gasteiger partial charge is 0.360 e. The second kappa shape index (κ2) is 5.07. The average Bonchev–Trinajstić information content (AvgIpc) is 2.62. The fourth-order valence-electron chi connectivity index (χ4n) is 1.78. The molecule has 2 N–H and O–H groups in total. The lowest BCUT2D eigenvalue weighted by molar-refractivity contribution is -0.131. The van der Waals surface area contributed by atoms with E-state index in [1.165, 1.54) is 16.6 Å². The van der Waals surface area contributed by atoms with Crippen LogP contribution in [0.4, 0.5) is 5.82 Å². The zero-order valence-corrected chi connectivity index (χ0v) is 11.2. The van der Waals surface area contributed by atoms with Crippen molar-refractivity contribution in [3.05, 3.63) is 11.5 Å². The van der Waals surface area contributed by atoms with Gasteiger partial charge in [0.25, 0.3) is 0 Å². The maximum absolute atomic E-state index is 11.9. The van der Waals surface area contributed by atoms with Gasteiger partial charge in [-0.15, -0.1) is 0 Å². The molecule has 0 fully saturated rings. The van der Waals surface area contributed by atoms with Crippen molar-refractivity contribution in [3.8, 4) is 0 Å². The van der Waals surface area contributed by atoms with Gasteiger partial charge in [-0.3, -0.25) is 4.79 Å². The summed E-state index contributed by atoms with van der Waals surface area (Å²) in [6.07, 6.45) is 0. The molecule has 1 amide bonds. The van der Waals surface area contributed by atoms with Crippen LogP contribution in [0, 0.1) is 6.92 Å². The summed E-state index contributed by atoms with van der Waals surface area (Å²) in [5.41, 5.74) is 5.88. The van der Waals surface area contributed by atoms with E-state index in [0.717, 1.165) is 0 Å². The van der Waals surface area contributed by atoms with Crippen molar-refractivity contribution in [2.75, 3.05) is 26.9 Å². The number of carbonyl (C=O) groups is 2. The molecule has 1 atom stereocenters. The Bertz CT molecular complexity index is 479. The summed E-state index contributed by atoms with van der Waals surface area (Å²) in [6, 6.07) is -0.522. The second-order valence-corrected chi connectivity index (χ2v) is 4.16. The predicted molar refractivity (Wildman–Crippen MR) is 66.1 cm³/mol. The van der Waals surface area contributed by atoms with Gasteiger partial charge in [0.2, 0.25) is 5.91 Å². The number of ether oxygens (including phenoxy) is 1. The first-order valence-electron chi connectivity index (χ1n) is 5.45. The summed E-state index contributed by atoms with van der Waals surface area (Å²) in [7, 11) is 4.57. The van der Waals surface area contributed by atoms with Gasteiger partial charge in [0.15, 0.2) is 5.69 Å². The number of methoxy groups -OCH3 is 1. The molecule has 1 rings (SSSR count). The van der Waals surface area contributed by atoms with Crippen LogP contribution in [0.15, 0.2) is 0 Å². The summed E-state index contributed by atoms with van der Waals surface area (Å²) in [5.74, 6) is -0.102. The molecule has 0 aromatic carbocycles. The molecular weight excluding hydrogens is 236 g/mol. The Morgan fingerprint density at radius 2 is 2.00 bits per heavy atom. The lowest BCUT2D eigenvalue weighted by atomic mass is 10.3. The number of aryl methyl sites for hydroxylation is 1. The minimum absolute atomic E-state index is 0.0356. The number of carbonyl (C=O) groups excluding carboxylic acids is 2. The molecular formula is C11H18N4O3. The van der Waals surface area contributed by atoms with E-state index in [9.17, 15) is 9.59 Å². The van der Waals surface area contributed by atoms with Gasteiger partial charge in [-0.1, -0.05) is 0 Å². The second-order valence-electron chi connectivity index (χ2n) is 4.16. The van der Waals surface area contributed by atoms with Crippen molar-refractivity contribution in [3.63, 3.8) is 0 Å². The van der Waals surface area contributed by atoms with E-state index < -0.39 is 12.0 Å². The third kappa shape index (κ3) is 2.29. The molecule has 1 heterocycles. The molecule has 1 aromatic rings. The fourth-order valence-corrected chi connectivity index (χ4v) is 1.78. The molecule has 0 aliphatic carbocycles. The van der Waals surface area contributed by atoms with Crippen LogP contribution in [0.25, 0.3) is 0 Å². The highest BCUT2D eigenvalue weighted by Crippen LogP contribution is 2.21. The summed E-state index contributed by atoms with van der Waals surface area (Å²) < 4.78 is 6.11. The zero-order valence-electron chi connectivity index (χ0n) is 11.2. The zero-order chi connectivity index (χ0) is 14.0. The number of nitrogen functional groups attached to an aromatic ring is 1. The number of likely N-dealkylation sites (N-methyl/N-ethyl adjacent to an activating group) is 1. The largest absolute Gasteiger partial charge is 0.464 e. The molecule has 1 aromatic heterocycles. The van der Waals surface area contributed by atoms with Gasteiger partial charge in [0, 0.05) is 14.1 Å². The minimum Gasteiger partial charge on any atom is -0.464 e. The number of nitrogens with two attached hydrogens (primary N) is 1. The quantitative estimate of drug-likeness (QED) is 0.779. The highest BCUT2D eigenvalue weighted by atomic mass is 16.5. The number of rotatable bonds is 3. The Balaban J connectivity index is 3.22. The standard InChI is InChI=1S/C11H18N4O3/c1-6(10(16)14(3)4)15-7(2)13-8(9(15)12)11(17)18-5/h6H,12H2,1-5H3. The van der Waals surface area contributed by atoms with Gasteiger partial charge < -0.3 is 19.9 Å². The van der Waals surface area contributed by atoms with E-state index in [2.05, 4.69) is 9.72 Å². The van der Waals surface area contributed by atoms with Crippen LogP contribution in [0.5, 0.6) is 0 Å². The summed E-state index contributed by atoms with van der Waals surface area (Å²) >= 11 is 0. The molecule has 0 spiro atoms. The lowest BCUT2D eigenvalue weighted by Gasteiger charge is -2.20. The Labute approximate surface area is 106 Å². The third-order valence-electron chi connectivity index (χ3n) is 2.69. The summed E-state index contributed by atoms with van der Waals surface area (Å²) in [4.78, 5) is 28.9. The van der Waals surface area contributed by atoms with Gasteiger partial charge in [-0.05, 0) is 13.8 Å². The lowest BCUT2D eigenvalue weighted by Crippen LogP contribution is -2.31.